The van der Waals surface area contributed by atoms with Crippen molar-refractivity contribution in [2.24, 2.45) is 28.6 Å². The Balaban J connectivity index is 1.03. The van der Waals surface area contributed by atoms with E-state index < -0.39 is 40.7 Å². The molecule has 15 heteroatoms. The third kappa shape index (κ3) is 10.6. The third-order valence-electron chi connectivity index (χ3n) is 16.3. The van der Waals surface area contributed by atoms with Crippen LogP contribution in [0.15, 0.2) is 60.8 Å². The molecular formula is C58H73N7O8. The molecule has 4 aromatic rings. The number of pyridine rings is 1. The minimum absolute atomic E-state index is 0.00271. The number of nitrogens with zero attached hydrogens (tertiary/aromatic N) is 5. The molecule has 9 rings (SSSR count). The summed E-state index contributed by atoms with van der Waals surface area (Å²) in [6, 6.07) is 16.8. The van der Waals surface area contributed by atoms with Gasteiger partial charge in [-0.15, -0.1) is 0 Å². The summed E-state index contributed by atoms with van der Waals surface area (Å²) in [5.41, 5.74) is 9.81. The topological polar surface area (TPSA) is 165 Å². The maximum absolute atomic E-state index is 14.9. The number of hydrogen-bond acceptors (Lipinski definition) is 11. The number of likely N-dealkylation sites (tertiary alicyclic amines) is 1. The van der Waals surface area contributed by atoms with Gasteiger partial charge in [-0.25, -0.2) is 5.43 Å². The maximum atomic E-state index is 14.9. The Morgan fingerprint density at radius 1 is 1.00 bits per heavy atom. The molecule has 3 saturated heterocycles. The quantitative estimate of drug-likeness (QED) is 0.145. The predicted octanol–water partition coefficient (Wildman–Crippen LogP) is 6.55. The summed E-state index contributed by atoms with van der Waals surface area (Å²) in [7, 11) is 3.66. The number of amides is 3. The van der Waals surface area contributed by atoms with Crippen molar-refractivity contribution in [3.05, 3.63) is 77.6 Å². The van der Waals surface area contributed by atoms with Gasteiger partial charge in [-0.05, 0) is 118 Å². The molecule has 1 aliphatic carbocycles. The van der Waals surface area contributed by atoms with E-state index in [0.717, 1.165) is 56.7 Å². The number of ether oxygens (including phenoxy) is 3. The number of rotatable bonds is 8. The van der Waals surface area contributed by atoms with Crippen molar-refractivity contribution in [1.29, 1.82) is 0 Å². The molecule has 4 fully saturated rings. The van der Waals surface area contributed by atoms with Gasteiger partial charge in [-0.2, -0.15) is 0 Å². The fraction of sp³-hybridized carbons (Fsp3) is 0.552. The zero-order chi connectivity index (χ0) is 51.8. The van der Waals surface area contributed by atoms with Crippen molar-refractivity contribution in [2.75, 3.05) is 60.2 Å². The zero-order valence-corrected chi connectivity index (χ0v) is 43.9. The Labute approximate surface area is 430 Å². The molecule has 1 saturated carbocycles. The lowest BCUT2D eigenvalue weighted by Gasteiger charge is -2.36. The van der Waals surface area contributed by atoms with Gasteiger partial charge in [0.1, 0.15) is 17.9 Å². The van der Waals surface area contributed by atoms with Gasteiger partial charge < -0.3 is 29.0 Å². The van der Waals surface area contributed by atoms with Crippen LogP contribution in [0, 0.1) is 40.4 Å². The summed E-state index contributed by atoms with van der Waals surface area (Å²) in [6.45, 7) is 16.0. The molecule has 4 aliphatic heterocycles. The molecule has 1 unspecified atom stereocenters. The lowest BCUT2D eigenvalue weighted by atomic mass is 9.76. The van der Waals surface area contributed by atoms with Crippen LogP contribution in [0.4, 0.5) is 0 Å². The van der Waals surface area contributed by atoms with Crippen LogP contribution in [-0.4, -0.2) is 132 Å². The minimum Gasteiger partial charge on any atom is -0.464 e. The largest absolute Gasteiger partial charge is 0.464 e. The predicted molar refractivity (Wildman–Crippen MR) is 278 cm³/mol. The van der Waals surface area contributed by atoms with Crippen LogP contribution >= 0.6 is 0 Å². The second kappa shape index (κ2) is 21.5. The van der Waals surface area contributed by atoms with Gasteiger partial charge in [-0.3, -0.25) is 38.9 Å². The van der Waals surface area contributed by atoms with Crippen LogP contribution in [0.3, 0.4) is 0 Å². The van der Waals surface area contributed by atoms with Crippen molar-refractivity contribution in [1.82, 2.24) is 35.1 Å². The highest BCUT2D eigenvalue weighted by Crippen LogP contribution is 2.49. The maximum Gasteiger partial charge on any atom is 0.324 e. The molecule has 5 aliphatic rings. The molecule has 7 atom stereocenters. The van der Waals surface area contributed by atoms with Crippen LogP contribution in [0.1, 0.15) is 96.6 Å². The highest BCUT2D eigenvalue weighted by Gasteiger charge is 2.55. The van der Waals surface area contributed by atoms with Crippen molar-refractivity contribution < 1.29 is 38.2 Å². The molecule has 0 radical (unpaired) electrons. The van der Waals surface area contributed by atoms with Crippen molar-refractivity contribution in [2.45, 2.75) is 117 Å². The molecular weight excluding hydrogens is 923 g/mol. The van der Waals surface area contributed by atoms with Gasteiger partial charge in [0.25, 0.3) is 11.8 Å². The van der Waals surface area contributed by atoms with Gasteiger partial charge in [0.2, 0.25) is 5.91 Å². The Hall–Kier alpha value is -5.92. The summed E-state index contributed by atoms with van der Waals surface area (Å²) in [4.78, 5) is 80.5. The van der Waals surface area contributed by atoms with Crippen molar-refractivity contribution >= 4 is 40.4 Å². The number of hydrazine groups is 1. The van der Waals surface area contributed by atoms with Crippen LogP contribution < -0.4 is 10.7 Å². The van der Waals surface area contributed by atoms with Crippen LogP contribution in [0.25, 0.3) is 33.3 Å². The van der Waals surface area contributed by atoms with Gasteiger partial charge >= 0.3 is 5.97 Å². The number of nitrogens with one attached hydrogen (secondary N) is 2. The molecule has 2 aromatic heterocycles. The second-order valence-electron chi connectivity index (χ2n) is 22.2. The van der Waals surface area contributed by atoms with Crippen LogP contribution in [-0.2, 0) is 57.6 Å². The van der Waals surface area contributed by atoms with Gasteiger partial charge in [-0.1, -0.05) is 63.9 Å². The number of hydrogen-bond donors (Lipinski definition) is 2. The Kier molecular flexibility index (Phi) is 15.3. The number of ketones is 1. The second-order valence-corrected chi connectivity index (χ2v) is 22.2. The number of carbonyl (C=O) groups excluding carboxylic acids is 5. The van der Waals surface area contributed by atoms with E-state index >= 15 is 0 Å². The molecule has 73 heavy (non-hydrogen) atoms. The number of aryl methyl sites for hydroxylation is 1. The van der Waals surface area contributed by atoms with E-state index in [9.17, 15) is 24.0 Å². The lowest BCUT2D eigenvalue weighted by molar-refractivity contribution is -0.155. The number of morpholine rings is 1. The van der Waals surface area contributed by atoms with Gasteiger partial charge in [0.05, 0.1) is 43.4 Å². The number of aromatic nitrogens is 2. The molecule has 15 nitrogen and oxygen atoms in total. The average molecular weight is 996 g/mol. The van der Waals surface area contributed by atoms with E-state index in [1.54, 1.807) is 18.2 Å². The van der Waals surface area contributed by atoms with E-state index in [4.69, 9.17) is 19.2 Å². The summed E-state index contributed by atoms with van der Waals surface area (Å²) >= 11 is 0. The number of likely N-dealkylation sites (N-methyl/N-ethyl adjacent to an activating group) is 1. The summed E-state index contributed by atoms with van der Waals surface area (Å²) in [5, 5.41) is 5.72. The average Bonchev–Trinajstić information content (AvgIpc) is 4.06. The van der Waals surface area contributed by atoms with Crippen molar-refractivity contribution in [3.8, 4) is 34.2 Å². The number of carbonyl (C=O) groups is 5. The lowest BCUT2D eigenvalue weighted by Crippen LogP contribution is -2.61. The fourth-order valence-electron chi connectivity index (χ4n) is 12.1. The summed E-state index contributed by atoms with van der Waals surface area (Å²) in [5.74, 6) is 2.90. The number of esters is 1. The van der Waals surface area contributed by atoms with Crippen LogP contribution in [0.2, 0.25) is 0 Å². The van der Waals surface area contributed by atoms with E-state index in [1.165, 1.54) is 5.01 Å². The number of benzene rings is 2. The Bertz CT molecular complexity index is 2830. The van der Waals surface area contributed by atoms with Crippen molar-refractivity contribution in [3.63, 3.8) is 0 Å². The van der Waals surface area contributed by atoms with E-state index in [0.29, 0.717) is 71.4 Å². The number of fused-ring (bicyclic) bond motifs is 6. The van der Waals surface area contributed by atoms with E-state index in [1.807, 2.05) is 46.0 Å². The smallest absolute Gasteiger partial charge is 0.324 e. The first-order chi connectivity index (χ1) is 35.0. The first-order valence-corrected chi connectivity index (χ1v) is 26.4. The molecule has 6 heterocycles. The highest BCUT2D eigenvalue weighted by atomic mass is 16.5. The van der Waals surface area contributed by atoms with E-state index in [2.05, 4.69) is 89.2 Å². The first-order valence-electron chi connectivity index (χ1n) is 26.4. The number of methoxy groups -OCH3 is 1. The standard InChI is InChI=1S/C58H73N7O8/c1-9-64-48-19-17-40-31-44(48)45(52(64)43-15-11-24-59-51(43)37(4)71-8)32-57(5,6)35-73-56(70)46-16-12-25-65(61-46)55(69)47(30-38-13-10-14-39(40)29-38)60-54(68)50(36(2)3)42-21-22-58(53(42)67)23-26-63(34-58)49(66)20-18-41-33-72-28-27-62(41)7/h10-11,13-15,17,19,24,29,31,36-37,41-42,46-47,50,61H,9,12,16,21-23,25-28,30,32-35H2,1-8H3,(H,60,68)/t37-,41-,42?,46-,47-,50+,58+/m0/s1. The molecule has 1 spiro atoms. The molecule has 2 N–H and O–H groups in total. The molecule has 6 bridgehead atoms. The molecule has 3 amide bonds. The summed E-state index contributed by atoms with van der Waals surface area (Å²) < 4.78 is 19.9. The minimum atomic E-state index is -1.03. The Morgan fingerprint density at radius 2 is 1.81 bits per heavy atom. The molecule has 388 valence electrons. The zero-order valence-electron chi connectivity index (χ0n) is 43.9. The van der Waals surface area contributed by atoms with Gasteiger partial charge in [0.15, 0.2) is 0 Å². The monoisotopic (exact) mass is 996 g/mol. The Morgan fingerprint density at radius 3 is 2.58 bits per heavy atom. The third-order valence-corrected chi connectivity index (χ3v) is 16.3. The fourth-order valence-corrected chi connectivity index (χ4v) is 12.1. The summed E-state index contributed by atoms with van der Waals surface area (Å²) in [6.07, 6.45) is 4.93. The number of Topliss-reactive ketones (excluding diaryl/α,β-unsaturated/α-hetero) is 1. The first kappa shape index (κ1) is 52.0. The normalized spacial score (nSPS) is 25.6. The SMILES string of the molecule is CCn1c(-c2cccnc2[C@H](C)OC)c2c3cc(ccc31)-c1cccc(c1)C[C@H](NC(=O)[C@H](C(C)C)C1CC[C@]3(CCN(C(=O)C#C[C@H]4COCCN4C)C3)C1=O)C(=O)N1CCC[C@H](N1)C(=O)OCC(C)(C)C2. The number of cyclic esters (lactones) is 1. The molecule has 2 aromatic carbocycles. The highest BCUT2D eigenvalue weighted by molar-refractivity contribution is 5.99. The van der Waals surface area contributed by atoms with E-state index in [-0.39, 0.29) is 61.1 Å². The van der Waals surface area contributed by atoms with Crippen LogP contribution in [0.5, 0.6) is 0 Å². The van der Waals surface area contributed by atoms with Gasteiger partial charge in [0, 0.05) is 91.6 Å².